The van der Waals surface area contributed by atoms with Crippen LogP contribution in [0.15, 0.2) is 48.7 Å². The summed E-state index contributed by atoms with van der Waals surface area (Å²) in [5.74, 6) is 0. The summed E-state index contributed by atoms with van der Waals surface area (Å²) in [7, 11) is 0. The van der Waals surface area contributed by atoms with Crippen molar-refractivity contribution in [3.05, 3.63) is 59.9 Å². The summed E-state index contributed by atoms with van der Waals surface area (Å²) in [5.41, 5.74) is 2.61. The molecule has 1 unspecified atom stereocenters. The highest BCUT2D eigenvalue weighted by Gasteiger charge is 2.08. The van der Waals surface area contributed by atoms with Gasteiger partial charge in [0, 0.05) is 11.9 Å². The van der Waals surface area contributed by atoms with Gasteiger partial charge < -0.3 is 5.32 Å². The van der Waals surface area contributed by atoms with Gasteiger partial charge in [0.1, 0.15) is 11.8 Å². The topological polar surface area (TPSA) is 48.7 Å². The largest absolute Gasteiger partial charge is 0.378 e. The lowest BCUT2D eigenvalue weighted by Crippen LogP contribution is -2.09. The second-order valence-corrected chi connectivity index (χ2v) is 4.06. The summed E-state index contributed by atoms with van der Waals surface area (Å²) in [4.78, 5) is 3.96. The normalized spacial score (nSPS) is 11.6. The molecule has 0 saturated carbocycles. The third kappa shape index (κ3) is 2.86. The smallest absolute Gasteiger partial charge is 0.142 e. The number of pyridine rings is 1. The predicted molar refractivity (Wildman–Crippen MR) is 72.0 cm³/mol. The van der Waals surface area contributed by atoms with Crippen LogP contribution < -0.4 is 5.32 Å². The van der Waals surface area contributed by atoms with Crippen LogP contribution in [0.3, 0.4) is 0 Å². The number of hydrogen-bond donors (Lipinski definition) is 1. The number of nitriles is 1. The van der Waals surface area contributed by atoms with Crippen LogP contribution in [0.5, 0.6) is 0 Å². The van der Waals surface area contributed by atoms with Gasteiger partial charge in [-0.05, 0) is 24.1 Å². The van der Waals surface area contributed by atoms with Crippen LogP contribution >= 0.6 is 0 Å². The molecule has 0 amide bonds. The van der Waals surface area contributed by atoms with E-state index in [1.807, 2.05) is 30.3 Å². The molecular formula is C15H15N3. The Morgan fingerprint density at radius 3 is 2.72 bits per heavy atom. The molecule has 0 fully saturated rings. The summed E-state index contributed by atoms with van der Waals surface area (Å²) in [6.07, 6.45) is 2.63. The van der Waals surface area contributed by atoms with Crippen molar-refractivity contribution in [3.8, 4) is 6.07 Å². The van der Waals surface area contributed by atoms with E-state index in [1.54, 1.807) is 12.3 Å². The average Bonchev–Trinajstić information content (AvgIpc) is 2.46. The van der Waals surface area contributed by atoms with Gasteiger partial charge in [0.15, 0.2) is 0 Å². The van der Waals surface area contributed by atoms with E-state index >= 15 is 0 Å². The van der Waals surface area contributed by atoms with Crippen LogP contribution in [0, 0.1) is 11.3 Å². The second-order valence-electron chi connectivity index (χ2n) is 4.06. The minimum Gasteiger partial charge on any atom is -0.378 e. The average molecular weight is 237 g/mol. The molecule has 1 heterocycles. The number of hydrogen-bond acceptors (Lipinski definition) is 3. The lowest BCUT2D eigenvalue weighted by molar-refractivity contribution is 0.749. The molecule has 3 heteroatoms. The zero-order valence-electron chi connectivity index (χ0n) is 10.3. The Kier molecular flexibility index (Phi) is 3.93. The minimum atomic E-state index is 0.250. The molecule has 3 nitrogen and oxygen atoms in total. The van der Waals surface area contributed by atoms with Crippen LogP contribution in [0.4, 0.5) is 5.69 Å². The molecular weight excluding hydrogens is 222 g/mol. The number of aromatic nitrogens is 1. The van der Waals surface area contributed by atoms with Crippen LogP contribution in [-0.2, 0) is 0 Å². The van der Waals surface area contributed by atoms with E-state index < -0.39 is 0 Å². The highest BCUT2D eigenvalue weighted by molar-refractivity contribution is 5.47. The first kappa shape index (κ1) is 12.1. The van der Waals surface area contributed by atoms with Crippen LogP contribution in [0.25, 0.3) is 0 Å². The highest BCUT2D eigenvalue weighted by atomic mass is 14.9. The Bertz CT molecular complexity index is 543. The monoisotopic (exact) mass is 237 g/mol. The van der Waals surface area contributed by atoms with E-state index in [1.165, 1.54) is 5.56 Å². The lowest BCUT2D eigenvalue weighted by Gasteiger charge is -2.18. The molecule has 90 valence electrons. The third-order valence-corrected chi connectivity index (χ3v) is 2.83. The van der Waals surface area contributed by atoms with Gasteiger partial charge in [0.2, 0.25) is 0 Å². The molecule has 0 spiro atoms. The van der Waals surface area contributed by atoms with Gasteiger partial charge in [-0.25, -0.2) is 4.98 Å². The fourth-order valence-electron chi connectivity index (χ4n) is 1.89. The molecule has 0 aliphatic heterocycles. The molecule has 18 heavy (non-hydrogen) atoms. The quantitative estimate of drug-likeness (QED) is 0.885. The Morgan fingerprint density at radius 2 is 2.06 bits per heavy atom. The van der Waals surface area contributed by atoms with Gasteiger partial charge in [0.25, 0.3) is 0 Å². The van der Waals surface area contributed by atoms with E-state index in [0.717, 1.165) is 12.1 Å². The van der Waals surface area contributed by atoms with E-state index in [-0.39, 0.29) is 6.04 Å². The predicted octanol–water partition coefficient (Wildman–Crippen LogP) is 3.52. The van der Waals surface area contributed by atoms with Crippen molar-refractivity contribution >= 4 is 5.69 Å². The SMILES string of the molecule is CCC(Nc1ccnc(C#N)c1)c1ccccc1. The van der Waals surface area contributed by atoms with Gasteiger partial charge in [-0.2, -0.15) is 5.26 Å². The molecule has 0 saturated heterocycles. The number of rotatable bonds is 4. The molecule has 0 aliphatic rings. The van der Waals surface area contributed by atoms with E-state index in [4.69, 9.17) is 5.26 Å². The van der Waals surface area contributed by atoms with Gasteiger partial charge in [0.05, 0.1) is 6.04 Å². The van der Waals surface area contributed by atoms with Crippen molar-refractivity contribution in [2.45, 2.75) is 19.4 Å². The Morgan fingerprint density at radius 1 is 1.28 bits per heavy atom. The van der Waals surface area contributed by atoms with Crippen molar-refractivity contribution in [3.63, 3.8) is 0 Å². The minimum absolute atomic E-state index is 0.250. The Balaban J connectivity index is 2.18. The number of benzene rings is 1. The van der Waals surface area contributed by atoms with Gasteiger partial charge in [-0.1, -0.05) is 37.3 Å². The molecule has 1 aromatic heterocycles. The fourth-order valence-corrected chi connectivity index (χ4v) is 1.89. The summed E-state index contributed by atoms with van der Waals surface area (Å²) < 4.78 is 0. The summed E-state index contributed by atoms with van der Waals surface area (Å²) >= 11 is 0. The van der Waals surface area contributed by atoms with Crippen LogP contribution in [0.2, 0.25) is 0 Å². The first-order valence-corrected chi connectivity index (χ1v) is 6.01. The first-order valence-electron chi connectivity index (χ1n) is 6.01. The zero-order chi connectivity index (χ0) is 12.8. The molecule has 1 N–H and O–H groups in total. The Labute approximate surface area is 107 Å². The third-order valence-electron chi connectivity index (χ3n) is 2.83. The summed E-state index contributed by atoms with van der Waals surface area (Å²) in [6, 6.07) is 16.2. The van der Waals surface area contributed by atoms with E-state index in [2.05, 4.69) is 29.4 Å². The van der Waals surface area contributed by atoms with Gasteiger partial charge in [-0.15, -0.1) is 0 Å². The molecule has 1 atom stereocenters. The fraction of sp³-hybridized carbons (Fsp3) is 0.200. The van der Waals surface area contributed by atoms with Crippen LogP contribution in [0.1, 0.15) is 30.6 Å². The molecule has 0 radical (unpaired) electrons. The number of anilines is 1. The van der Waals surface area contributed by atoms with Crippen molar-refractivity contribution in [2.75, 3.05) is 5.32 Å². The summed E-state index contributed by atoms with van der Waals surface area (Å²) in [6.45, 7) is 2.14. The van der Waals surface area contributed by atoms with Gasteiger partial charge >= 0.3 is 0 Å². The molecule has 0 aliphatic carbocycles. The maximum Gasteiger partial charge on any atom is 0.142 e. The van der Waals surface area contributed by atoms with Crippen molar-refractivity contribution < 1.29 is 0 Å². The lowest BCUT2D eigenvalue weighted by atomic mass is 10.0. The van der Waals surface area contributed by atoms with E-state index in [0.29, 0.717) is 5.69 Å². The van der Waals surface area contributed by atoms with Crippen molar-refractivity contribution in [2.24, 2.45) is 0 Å². The van der Waals surface area contributed by atoms with Crippen molar-refractivity contribution in [1.82, 2.24) is 4.98 Å². The van der Waals surface area contributed by atoms with E-state index in [9.17, 15) is 0 Å². The van der Waals surface area contributed by atoms with Gasteiger partial charge in [-0.3, -0.25) is 0 Å². The Hall–Kier alpha value is -2.34. The maximum absolute atomic E-state index is 8.83. The van der Waals surface area contributed by atoms with Crippen molar-refractivity contribution in [1.29, 1.82) is 5.26 Å². The number of nitrogens with zero attached hydrogens (tertiary/aromatic N) is 2. The summed E-state index contributed by atoms with van der Waals surface area (Å²) in [5, 5.41) is 12.3. The first-order chi connectivity index (χ1) is 8.83. The molecule has 1 aromatic carbocycles. The molecule has 0 bridgehead atoms. The maximum atomic E-state index is 8.83. The zero-order valence-corrected chi connectivity index (χ0v) is 10.3. The molecule has 2 rings (SSSR count). The highest BCUT2D eigenvalue weighted by Crippen LogP contribution is 2.22. The van der Waals surface area contributed by atoms with Crippen LogP contribution in [-0.4, -0.2) is 4.98 Å². The molecule has 2 aromatic rings. The number of nitrogens with one attached hydrogen (secondary N) is 1. The standard InChI is InChI=1S/C15H15N3/c1-2-15(12-6-4-3-5-7-12)18-13-8-9-17-14(10-13)11-16/h3-10,15H,2H2,1H3,(H,17,18). The second kappa shape index (κ2) is 5.83.